The zero-order valence-electron chi connectivity index (χ0n) is 8.41. The molecule has 1 saturated heterocycles. The van der Waals surface area contributed by atoms with Crippen LogP contribution < -0.4 is 0 Å². The van der Waals surface area contributed by atoms with Crippen molar-refractivity contribution >= 4 is 11.9 Å². The number of ether oxygens (including phenoxy) is 2. The van der Waals surface area contributed by atoms with Crippen LogP contribution in [0.15, 0.2) is 11.6 Å². The lowest BCUT2D eigenvalue weighted by Gasteiger charge is -1.87. The lowest BCUT2D eigenvalue weighted by atomic mass is 10.2. The van der Waals surface area contributed by atoms with Crippen LogP contribution in [0.3, 0.4) is 0 Å². The van der Waals surface area contributed by atoms with Gasteiger partial charge in [-0.2, -0.15) is 0 Å². The Labute approximate surface area is 82.9 Å². The molecule has 2 heterocycles. The summed E-state index contributed by atoms with van der Waals surface area (Å²) in [4.78, 5) is 20.4. The number of carbonyl (C=O) groups is 2. The summed E-state index contributed by atoms with van der Waals surface area (Å²) in [5, 5.41) is 0. The van der Waals surface area contributed by atoms with Gasteiger partial charge in [-0.25, -0.2) is 4.79 Å². The predicted molar refractivity (Wildman–Crippen MR) is 49.5 cm³/mol. The van der Waals surface area contributed by atoms with Crippen LogP contribution >= 0.6 is 0 Å². The highest BCUT2D eigenvalue weighted by Crippen LogP contribution is 2.11. The molecule has 1 fully saturated rings. The minimum Gasteiger partial charge on any atom is -0.465 e. The summed E-state index contributed by atoms with van der Waals surface area (Å²) in [6.07, 6.45) is 2.11. The standard InChI is InChI=1S/C5H8O2.C5H6O2/c2*1-4-2-5(6)7-3-4/h4H,2-3H2,1H3;2H,3H2,1H3/t4-;/m1./s1. The van der Waals surface area contributed by atoms with Crippen molar-refractivity contribution in [2.24, 2.45) is 5.92 Å². The van der Waals surface area contributed by atoms with E-state index in [4.69, 9.17) is 0 Å². The maximum Gasteiger partial charge on any atom is 0.331 e. The second-order valence-electron chi connectivity index (χ2n) is 3.59. The van der Waals surface area contributed by atoms with Gasteiger partial charge in [0.05, 0.1) is 13.0 Å². The SMILES string of the molecule is CC1=CC(=O)OC1.C[C@H]1COC(=O)C1. The molecule has 0 aliphatic carbocycles. The molecular formula is C10H14O4. The van der Waals surface area contributed by atoms with Gasteiger partial charge >= 0.3 is 11.9 Å². The number of cyclic esters (lactones) is 2. The summed E-state index contributed by atoms with van der Waals surface area (Å²) in [6, 6.07) is 0. The molecule has 0 unspecified atom stereocenters. The Balaban J connectivity index is 0.000000140. The number of esters is 2. The van der Waals surface area contributed by atoms with Crippen LogP contribution in [0.1, 0.15) is 20.3 Å². The highest BCUT2D eigenvalue weighted by molar-refractivity contribution is 5.85. The molecule has 0 aromatic carbocycles. The normalized spacial score (nSPS) is 24.7. The maximum atomic E-state index is 10.2. The molecule has 0 amide bonds. The van der Waals surface area contributed by atoms with Gasteiger partial charge in [0.25, 0.3) is 0 Å². The molecule has 2 aliphatic heterocycles. The van der Waals surface area contributed by atoms with E-state index in [1.54, 1.807) is 0 Å². The van der Waals surface area contributed by atoms with Crippen molar-refractivity contribution in [2.75, 3.05) is 13.2 Å². The molecule has 0 spiro atoms. The van der Waals surface area contributed by atoms with Crippen LogP contribution in [0.5, 0.6) is 0 Å². The lowest BCUT2D eigenvalue weighted by Crippen LogP contribution is -1.90. The third-order valence-corrected chi connectivity index (χ3v) is 1.85. The Morgan fingerprint density at radius 1 is 1.36 bits per heavy atom. The van der Waals surface area contributed by atoms with Crippen molar-refractivity contribution in [3.63, 3.8) is 0 Å². The second kappa shape index (κ2) is 4.79. The average Bonchev–Trinajstić information content (AvgIpc) is 2.63. The molecule has 0 aromatic rings. The van der Waals surface area contributed by atoms with Gasteiger partial charge in [0.1, 0.15) is 6.61 Å². The molecule has 4 nitrogen and oxygen atoms in total. The Morgan fingerprint density at radius 3 is 2.21 bits per heavy atom. The van der Waals surface area contributed by atoms with Gasteiger partial charge in [0.15, 0.2) is 0 Å². The van der Waals surface area contributed by atoms with E-state index in [2.05, 4.69) is 9.47 Å². The fourth-order valence-corrected chi connectivity index (χ4v) is 1.11. The monoisotopic (exact) mass is 198 g/mol. The highest BCUT2D eigenvalue weighted by atomic mass is 16.5. The van der Waals surface area contributed by atoms with Crippen LogP contribution in [0.2, 0.25) is 0 Å². The van der Waals surface area contributed by atoms with Gasteiger partial charge in [-0.15, -0.1) is 0 Å². The Bertz CT molecular complexity index is 267. The second-order valence-corrected chi connectivity index (χ2v) is 3.59. The van der Waals surface area contributed by atoms with Crippen molar-refractivity contribution in [3.05, 3.63) is 11.6 Å². The predicted octanol–water partition coefficient (Wildman–Crippen LogP) is 1.06. The van der Waals surface area contributed by atoms with Crippen LogP contribution in [-0.2, 0) is 19.1 Å². The molecule has 0 aromatic heterocycles. The molecule has 0 saturated carbocycles. The molecule has 4 heteroatoms. The maximum absolute atomic E-state index is 10.2. The minimum atomic E-state index is -0.211. The summed E-state index contributed by atoms with van der Waals surface area (Å²) >= 11 is 0. The Hall–Kier alpha value is -1.32. The van der Waals surface area contributed by atoms with Crippen LogP contribution in [0, 0.1) is 5.92 Å². The van der Waals surface area contributed by atoms with E-state index in [0.29, 0.717) is 25.6 Å². The van der Waals surface area contributed by atoms with E-state index in [9.17, 15) is 9.59 Å². The number of hydrogen-bond acceptors (Lipinski definition) is 4. The van der Waals surface area contributed by atoms with Crippen LogP contribution in [0.25, 0.3) is 0 Å². The number of hydrogen-bond donors (Lipinski definition) is 0. The molecule has 78 valence electrons. The fraction of sp³-hybridized carbons (Fsp3) is 0.600. The van der Waals surface area contributed by atoms with Gasteiger partial charge < -0.3 is 9.47 Å². The first-order valence-corrected chi connectivity index (χ1v) is 4.57. The zero-order chi connectivity index (χ0) is 10.6. The van der Waals surface area contributed by atoms with Gasteiger partial charge in [-0.1, -0.05) is 6.92 Å². The van der Waals surface area contributed by atoms with E-state index in [-0.39, 0.29) is 11.9 Å². The van der Waals surface area contributed by atoms with Crippen LogP contribution in [-0.4, -0.2) is 25.2 Å². The summed E-state index contributed by atoms with van der Waals surface area (Å²) in [7, 11) is 0. The van der Waals surface area contributed by atoms with E-state index < -0.39 is 0 Å². The first kappa shape index (κ1) is 10.8. The summed E-state index contributed by atoms with van der Waals surface area (Å²) in [6.45, 7) is 4.98. The molecule has 0 radical (unpaired) electrons. The minimum absolute atomic E-state index is 0.0486. The topological polar surface area (TPSA) is 52.6 Å². The third kappa shape index (κ3) is 3.60. The average molecular weight is 198 g/mol. The first-order chi connectivity index (χ1) is 6.58. The molecule has 14 heavy (non-hydrogen) atoms. The summed E-state index contributed by atoms with van der Waals surface area (Å²) < 4.78 is 9.16. The quantitative estimate of drug-likeness (QED) is 0.546. The molecule has 1 atom stereocenters. The zero-order valence-corrected chi connectivity index (χ0v) is 8.41. The highest BCUT2D eigenvalue weighted by Gasteiger charge is 2.18. The van der Waals surface area contributed by atoms with Crippen LogP contribution in [0.4, 0.5) is 0 Å². The van der Waals surface area contributed by atoms with Gasteiger partial charge in [-0.3, -0.25) is 4.79 Å². The van der Waals surface area contributed by atoms with Crippen molar-refractivity contribution in [2.45, 2.75) is 20.3 Å². The van der Waals surface area contributed by atoms with Gasteiger partial charge in [-0.05, 0) is 12.5 Å². The van der Waals surface area contributed by atoms with Crippen molar-refractivity contribution in [3.8, 4) is 0 Å². The Morgan fingerprint density at radius 2 is 2.07 bits per heavy atom. The molecule has 2 aliphatic rings. The number of rotatable bonds is 0. The molecule has 0 bridgehead atoms. The van der Waals surface area contributed by atoms with E-state index in [1.807, 2.05) is 13.8 Å². The fourth-order valence-electron chi connectivity index (χ4n) is 1.11. The first-order valence-electron chi connectivity index (χ1n) is 4.57. The summed E-state index contributed by atoms with van der Waals surface area (Å²) in [5.41, 5.74) is 1.00. The van der Waals surface area contributed by atoms with Crippen molar-refractivity contribution in [1.29, 1.82) is 0 Å². The molecular weight excluding hydrogens is 184 g/mol. The van der Waals surface area contributed by atoms with E-state index in [0.717, 1.165) is 5.57 Å². The van der Waals surface area contributed by atoms with Crippen molar-refractivity contribution < 1.29 is 19.1 Å². The summed E-state index contributed by atoms with van der Waals surface area (Å²) in [5.74, 6) is 0.192. The largest absolute Gasteiger partial charge is 0.465 e. The lowest BCUT2D eigenvalue weighted by molar-refractivity contribution is -0.138. The van der Waals surface area contributed by atoms with Crippen molar-refractivity contribution in [1.82, 2.24) is 0 Å². The van der Waals surface area contributed by atoms with Gasteiger partial charge in [0.2, 0.25) is 0 Å². The van der Waals surface area contributed by atoms with Gasteiger partial charge in [0, 0.05) is 12.0 Å². The van der Waals surface area contributed by atoms with E-state index >= 15 is 0 Å². The third-order valence-electron chi connectivity index (χ3n) is 1.85. The molecule has 0 N–H and O–H groups in total. The van der Waals surface area contributed by atoms with E-state index in [1.165, 1.54) is 6.08 Å². The molecule has 2 rings (SSSR count). The Kier molecular flexibility index (Phi) is 3.68. The number of carbonyl (C=O) groups excluding carboxylic acids is 2. The smallest absolute Gasteiger partial charge is 0.331 e.